The van der Waals surface area contributed by atoms with Crippen LogP contribution in [0.5, 0.6) is 11.5 Å². The molecule has 200 valence electrons. The van der Waals surface area contributed by atoms with Crippen LogP contribution in [0.2, 0.25) is 0 Å². The van der Waals surface area contributed by atoms with Crippen molar-refractivity contribution in [3.05, 3.63) is 95.1 Å². The summed E-state index contributed by atoms with van der Waals surface area (Å²) in [6.45, 7) is 10.7. The first-order valence-corrected chi connectivity index (χ1v) is 14.4. The lowest BCUT2D eigenvalue weighted by Gasteiger charge is -2.62. The van der Waals surface area contributed by atoms with Crippen molar-refractivity contribution in [2.45, 2.75) is 84.5 Å². The molecule has 0 saturated heterocycles. The average molecular weight is 511 g/mol. The smallest absolute Gasteiger partial charge is 0.127 e. The number of aliphatic hydroxyl groups is 1. The van der Waals surface area contributed by atoms with Gasteiger partial charge in [0.05, 0.1) is 6.10 Å². The molecule has 2 fully saturated rings. The lowest BCUT2D eigenvalue weighted by atomic mass is 9.43. The number of hydrogen-bond acceptors (Lipinski definition) is 3. The fourth-order valence-corrected chi connectivity index (χ4v) is 8.65. The van der Waals surface area contributed by atoms with Crippen molar-refractivity contribution in [1.29, 1.82) is 0 Å². The summed E-state index contributed by atoms with van der Waals surface area (Å²) in [4.78, 5) is 0. The first kappa shape index (κ1) is 25.5. The van der Waals surface area contributed by atoms with Gasteiger partial charge in [-0.1, -0.05) is 88.4 Å². The van der Waals surface area contributed by atoms with Crippen LogP contribution in [0.15, 0.2) is 72.8 Å². The minimum atomic E-state index is -0.212. The van der Waals surface area contributed by atoms with Gasteiger partial charge in [0.1, 0.15) is 24.7 Å². The molecule has 5 unspecified atom stereocenters. The summed E-state index contributed by atoms with van der Waals surface area (Å²) in [7, 11) is 0. The van der Waals surface area contributed by atoms with Gasteiger partial charge in [-0.25, -0.2) is 0 Å². The summed E-state index contributed by atoms with van der Waals surface area (Å²) in [6.07, 6.45) is 5.11. The molecule has 0 heterocycles. The highest BCUT2D eigenvalue weighted by Crippen LogP contribution is 2.68. The third-order valence-electron chi connectivity index (χ3n) is 10.7. The lowest BCUT2D eigenvalue weighted by Crippen LogP contribution is -2.58. The Hall–Kier alpha value is -2.78. The largest absolute Gasteiger partial charge is 0.489 e. The quantitative estimate of drug-likeness (QED) is 0.367. The van der Waals surface area contributed by atoms with E-state index < -0.39 is 0 Å². The lowest BCUT2D eigenvalue weighted by molar-refractivity contribution is -0.151. The maximum absolute atomic E-state index is 10.9. The van der Waals surface area contributed by atoms with Crippen molar-refractivity contribution < 1.29 is 14.6 Å². The van der Waals surface area contributed by atoms with Gasteiger partial charge in [-0.15, -0.1) is 0 Å². The van der Waals surface area contributed by atoms with Gasteiger partial charge in [-0.2, -0.15) is 0 Å². The Kier molecular flexibility index (Phi) is 6.34. The van der Waals surface area contributed by atoms with Gasteiger partial charge in [0.2, 0.25) is 0 Å². The second-order valence-electron chi connectivity index (χ2n) is 13.2. The number of fused-ring (bicyclic) bond motifs is 5. The highest BCUT2D eigenvalue weighted by atomic mass is 16.5. The number of benzene rings is 3. The first-order chi connectivity index (χ1) is 18.2. The van der Waals surface area contributed by atoms with E-state index in [2.05, 4.69) is 88.4 Å². The second kappa shape index (κ2) is 9.45. The van der Waals surface area contributed by atoms with Crippen molar-refractivity contribution in [3.8, 4) is 11.5 Å². The average Bonchev–Trinajstić information content (AvgIpc) is 3.23. The van der Waals surface area contributed by atoms with E-state index >= 15 is 0 Å². The van der Waals surface area contributed by atoms with E-state index in [4.69, 9.17) is 9.47 Å². The molecule has 0 radical (unpaired) electrons. The van der Waals surface area contributed by atoms with Crippen LogP contribution in [0.1, 0.15) is 75.6 Å². The Morgan fingerprint density at radius 3 is 2.05 bits per heavy atom. The molecule has 0 aromatic heterocycles. The van der Waals surface area contributed by atoms with Gasteiger partial charge in [-0.05, 0) is 77.5 Å². The van der Waals surface area contributed by atoms with Crippen LogP contribution in [0.4, 0.5) is 0 Å². The second-order valence-corrected chi connectivity index (χ2v) is 13.2. The molecule has 3 aromatic rings. The fourth-order valence-electron chi connectivity index (χ4n) is 8.65. The topological polar surface area (TPSA) is 38.7 Å². The summed E-state index contributed by atoms with van der Waals surface area (Å²) in [5.74, 6) is 2.92. The molecule has 0 bridgehead atoms. The summed E-state index contributed by atoms with van der Waals surface area (Å²) in [6, 6.07) is 25.2. The highest BCUT2D eigenvalue weighted by molar-refractivity contribution is 5.55. The summed E-state index contributed by atoms with van der Waals surface area (Å²) < 4.78 is 13.0. The number of aliphatic hydroxyl groups excluding tert-OH is 1. The molecule has 0 aliphatic heterocycles. The monoisotopic (exact) mass is 510 g/mol. The van der Waals surface area contributed by atoms with Crippen molar-refractivity contribution in [2.24, 2.45) is 22.7 Å². The van der Waals surface area contributed by atoms with E-state index in [9.17, 15) is 5.11 Å². The molecule has 5 atom stereocenters. The zero-order chi connectivity index (χ0) is 26.5. The summed E-state index contributed by atoms with van der Waals surface area (Å²) >= 11 is 0. The standard InChI is InChI=1S/C35H42O3/c1-33(2)29-15-17-35(4)30(34(29,3)18-16-31(33)36)20-26-19-27(37-22-24-11-7-5-8-12-24)21-28(32(26)35)38-23-25-13-9-6-10-14-25/h5-14,19,21,29-31,36H,15-18,20,22-23H2,1-4H3. The predicted octanol–water partition coefficient (Wildman–Crippen LogP) is 7.87. The number of rotatable bonds is 6. The van der Waals surface area contributed by atoms with Crippen molar-refractivity contribution in [1.82, 2.24) is 0 Å². The van der Waals surface area contributed by atoms with Crippen LogP contribution in [-0.2, 0) is 25.0 Å². The molecule has 3 aromatic carbocycles. The third kappa shape index (κ3) is 4.14. The van der Waals surface area contributed by atoms with Gasteiger partial charge in [-0.3, -0.25) is 0 Å². The van der Waals surface area contributed by atoms with Crippen LogP contribution in [0, 0.1) is 22.7 Å². The zero-order valence-electron chi connectivity index (χ0n) is 23.4. The molecule has 38 heavy (non-hydrogen) atoms. The van der Waals surface area contributed by atoms with Crippen molar-refractivity contribution in [2.75, 3.05) is 0 Å². The highest BCUT2D eigenvalue weighted by Gasteiger charge is 2.63. The Balaban J connectivity index is 1.37. The molecule has 3 heteroatoms. The Bertz CT molecular complexity index is 1280. The first-order valence-electron chi connectivity index (χ1n) is 14.4. The van der Waals surface area contributed by atoms with Gasteiger partial charge < -0.3 is 14.6 Å². The van der Waals surface area contributed by atoms with E-state index in [1.165, 1.54) is 22.3 Å². The molecule has 3 aliphatic rings. The van der Waals surface area contributed by atoms with E-state index in [1.54, 1.807) is 0 Å². The summed E-state index contributed by atoms with van der Waals surface area (Å²) in [5, 5.41) is 10.9. The fraction of sp³-hybridized carbons (Fsp3) is 0.486. The van der Waals surface area contributed by atoms with Crippen LogP contribution in [0.3, 0.4) is 0 Å². The van der Waals surface area contributed by atoms with E-state index in [0.29, 0.717) is 25.0 Å². The zero-order valence-corrected chi connectivity index (χ0v) is 23.4. The van der Waals surface area contributed by atoms with E-state index in [0.717, 1.165) is 43.6 Å². The Morgan fingerprint density at radius 2 is 1.39 bits per heavy atom. The molecule has 3 aliphatic carbocycles. The molecule has 6 rings (SSSR count). The molecule has 3 nitrogen and oxygen atoms in total. The Morgan fingerprint density at radius 1 is 0.763 bits per heavy atom. The molecule has 2 saturated carbocycles. The molecular formula is C35H42O3. The van der Waals surface area contributed by atoms with Crippen molar-refractivity contribution in [3.63, 3.8) is 0 Å². The van der Waals surface area contributed by atoms with Crippen LogP contribution >= 0.6 is 0 Å². The third-order valence-corrected chi connectivity index (χ3v) is 10.7. The van der Waals surface area contributed by atoms with Gasteiger partial charge in [0, 0.05) is 17.0 Å². The number of hydrogen-bond donors (Lipinski definition) is 1. The van der Waals surface area contributed by atoms with E-state index in [-0.39, 0.29) is 22.3 Å². The van der Waals surface area contributed by atoms with E-state index in [1.807, 2.05) is 12.1 Å². The van der Waals surface area contributed by atoms with Crippen LogP contribution in [-0.4, -0.2) is 11.2 Å². The maximum atomic E-state index is 10.9. The summed E-state index contributed by atoms with van der Waals surface area (Å²) in [5.41, 5.74) is 5.32. The van der Waals surface area contributed by atoms with Gasteiger partial charge in [0.25, 0.3) is 0 Å². The molecule has 0 spiro atoms. The molecule has 0 amide bonds. The maximum Gasteiger partial charge on any atom is 0.127 e. The Labute approximate surface area is 228 Å². The van der Waals surface area contributed by atoms with Gasteiger partial charge >= 0.3 is 0 Å². The minimum absolute atomic E-state index is 0.0559. The van der Waals surface area contributed by atoms with Gasteiger partial charge in [0.15, 0.2) is 0 Å². The normalized spacial score (nSPS) is 31.1. The predicted molar refractivity (Wildman–Crippen MR) is 152 cm³/mol. The number of ether oxygens (including phenoxy) is 2. The van der Waals surface area contributed by atoms with Crippen molar-refractivity contribution >= 4 is 0 Å². The molecule has 1 N–H and O–H groups in total. The SMILES string of the molecule is CC12CCC3C(C)(C)C(O)CCC3(C)C1Cc1cc(OCc3ccccc3)cc(OCc3ccccc3)c12. The molecular weight excluding hydrogens is 468 g/mol. The minimum Gasteiger partial charge on any atom is -0.489 e. The van der Waals surface area contributed by atoms with Crippen LogP contribution in [0.25, 0.3) is 0 Å². The van der Waals surface area contributed by atoms with Crippen LogP contribution < -0.4 is 9.47 Å².